The minimum Gasteiger partial charge on any atom is -0.497 e. The summed E-state index contributed by atoms with van der Waals surface area (Å²) in [7, 11) is 3.23. The van der Waals surface area contributed by atoms with Crippen molar-refractivity contribution in [2.45, 2.75) is 13.5 Å². The number of methoxy groups -OCH3 is 2. The van der Waals surface area contributed by atoms with E-state index in [0.29, 0.717) is 37.7 Å². The molecule has 0 unspecified atom stereocenters. The first-order chi connectivity index (χ1) is 11.7. The van der Waals surface area contributed by atoms with E-state index in [1.54, 1.807) is 19.1 Å². The van der Waals surface area contributed by atoms with Gasteiger partial charge in [-0.15, -0.1) is 0 Å². The number of aromatic nitrogens is 1. The van der Waals surface area contributed by atoms with E-state index >= 15 is 0 Å². The van der Waals surface area contributed by atoms with Crippen LogP contribution < -0.4 is 10.1 Å². The normalized spacial score (nSPS) is 10.5. The maximum atomic E-state index is 12.1. The van der Waals surface area contributed by atoms with E-state index in [4.69, 9.17) is 14.0 Å². The van der Waals surface area contributed by atoms with Crippen LogP contribution in [0.2, 0.25) is 0 Å². The van der Waals surface area contributed by atoms with E-state index in [0.717, 1.165) is 11.3 Å². The van der Waals surface area contributed by atoms with Crippen LogP contribution in [-0.4, -0.2) is 50.0 Å². The summed E-state index contributed by atoms with van der Waals surface area (Å²) in [5.74, 6) is 1.43. The second-order valence-electron chi connectivity index (χ2n) is 5.16. The molecule has 2 rings (SSSR count). The van der Waals surface area contributed by atoms with Gasteiger partial charge in [0, 0.05) is 31.8 Å². The molecule has 1 aromatic carbocycles. The van der Waals surface area contributed by atoms with Crippen molar-refractivity contribution in [2.24, 2.45) is 0 Å². The van der Waals surface area contributed by atoms with E-state index in [1.165, 1.54) is 0 Å². The lowest BCUT2D eigenvalue weighted by Crippen LogP contribution is -2.41. The summed E-state index contributed by atoms with van der Waals surface area (Å²) in [5, 5.41) is 6.84. The topological polar surface area (TPSA) is 76.8 Å². The first kappa shape index (κ1) is 17.8. The molecule has 0 spiro atoms. The van der Waals surface area contributed by atoms with Crippen molar-refractivity contribution in [3.8, 4) is 17.1 Å². The molecule has 7 heteroatoms. The Morgan fingerprint density at radius 1 is 1.29 bits per heavy atom. The molecule has 24 heavy (non-hydrogen) atoms. The average Bonchev–Trinajstić information content (AvgIpc) is 3.07. The van der Waals surface area contributed by atoms with Gasteiger partial charge in [0.25, 0.3) is 0 Å². The first-order valence-electron chi connectivity index (χ1n) is 7.79. The van der Waals surface area contributed by atoms with Crippen molar-refractivity contribution >= 4 is 6.03 Å². The van der Waals surface area contributed by atoms with Gasteiger partial charge in [-0.3, -0.25) is 0 Å². The Kier molecular flexibility index (Phi) is 6.62. The predicted molar refractivity (Wildman–Crippen MR) is 89.8 cm³/mol. The van der Waals surface area contributed by atoms with Gasteiger partial charge in [-0.1, -0.05) is 5.16 Å². The van der Waals surface area contributed by atoms with Crippen molar-refractivity contribution < 1.29 is 18.8 Å². The van der Waals surface area contributed by atoms with Crippen molar-refractivity contribution in [1.29, 1.82) is 0 Å². The van der Waals surface area contributed by atoms with Crippen molar-refractivity contribution in [2.75, 3.05) is 33.9 Å². The number of carbonyl (C=O) groups excluding carboxylic acids is 1. The van der Waals surface area contributed by atoms with Gasteiger partial charge in [0.1, 0.15) is 11.4 Å². The Balaban J connectivity index is 2.07. The Hall–Kier alpha value is -2.54. The van der Waals surface area contributed by atoms with E-state index in [1.807, 2.05) is 37.3 Å². The molecule has 1 N–H and O–H groups in total. The summed E-state index contributed by atoms with van der Waals surface area (Å²) in [4.78, 5) is 13.7. The van der Waals surface area contributed by atoms with Crippen LogP contribution in [0.1, 0.15) is 12.6 Å². The number of amides is 2. The van der Waals surface area contributed by atoms with Gasteiger partial charge in [-0.05, 0) is 31.2 Å². The quantitative estimate of drug-likeness (QED) is 0.803. The third-order valence-corrected chi connectivity index (χ3v) is 3.47. The fourth-order valence-electron chi connectivity index (χ4n) is 2.19. The largest absolute Gasteiger partial charge is 0.497 e. The number of carbonyl (C=O) groups is 1. The highest BCUT2D eigenvalue weighted by Gasteiger charge is 2.16. The van der Waals surface area contributed by atoms with E-state index < -0.39 is 0 Å². The molecule has 0 saturated heterocycles. The molecule has 0 radical (unpaired) electrons. The molecule has 2 amide bonds. The predicted octanol–water partition coefficient (Wildman–Crippen LogP) is 2.53. The summed E-state index contributed by atoms with van der Waals surface area (Å²) < 4.78 is 15.6. The summed E-state index contributed by atoms with van der Waals surface area (Å²) in [5.41, 5.74) is 1.58. The molecule has 1 heterocycles. The van der Waals surface area contributed by atoms with Crippen molar-refractivity contribution in [3.05, 3.63) is 36.0 Å². The third-order valence-electron chi connectivity index (χ3n) is 3.47. The van der Waals surface area contributed by atoms with Crippen LogP contribution in [0.4, 0.5) is 4.79 Å². The Morgan fingerprint density at radius 2 is 2.04 bits per heavy atom. The van der Waals surface area contributed by atoms with E-state index in [2.05, 4.69) is 10.5 Å². The number of hydrogen-bond acceptors (Lipinski definition) is 5. The molecular weight excluding hydrogens is 310 g/mol. The second kappa shape index (κ2) is 8.93. The fourth-order valence-corrected chi connectivity index (χ4v) is 2.19. The molecule has 0 aliphatic heterocycles. The number of rotatable bonds is 8. The molecule has 2 aromatic rings. The number of urea groups is 1. The lowest BCUT2D eigenvalue weighted by atomic mass is 10.1. The van der Waals surface area contributed by atoms with Crippen LogP contribution in [0.15, 0.2) is 34.9 Å². The molecular formula is C17H23N3O4. The minimum absolute atomic E-state index is 0.149. The molecule has 0 aliphatic rings. The summed E-state index contributed by atoms with van der Waals surface area (Å²) in [6.45, 7) is 3.74. The van der Waals surface area contributed by atoms with E-state index in [-0.39, 0.29) is 6.03 Å². The van der Waals surface area contributed by atoms with Crippen LogP contribution in [0, 0.1) is 0 Å². The standard InChI is InChI=1S/C17H23N3O4/c1-4-18-17(21)20(9-10-22-2)12-14-11-16(24-19-14)13-5-7-15(23-3)8-6-13/h5-8,11H,4,9-10,12H2,1-3H3,(H,18,21). The summed E-state index contributed by atoms with van der Waals surface area (Å²) in [6, 6.07) is 9.20. The number of nitrogens with one attached hydrogen (secondary N) is 1. The van der Waals surface area contributed by atoms with Gasteiger partial charge in [0.15, 0.2) is 5.76 Å². The minimum atomic E-state index is -0.149. The zero-order valence-corrected chi connectivity index (χ0v) is 14.2. The molecule has 1 aromatic heterocycles. The molecule has 0 bridgehead atoms. The Bertz CT molecular complexity index is 640. The monoisotopic (exact) mass is 333 g/mol. The summed E-state index contributed by atoms with van der Waals surface area (Å²) in [6.07, 6.45) is 0. The highest BCUT2D eigenvalue weighted by molar-refractivity contribution is 5.74. The highest BCUT2D eigenvalue weighted by Crippen LogP contribution is 2.23. The van der Waals surface area contributed by atoms with Crippen LogP contribution in [-0.2, 0) is 11.3 Å². The van der Waals surface area contributed by atoms with E-state index in [9.17, 15) is 4.79 Å². The van der Waals surface area contributed by atoms with Gasteiger partial charge in [0.05, 0.1) is 20.3 Å². The number of nitrogens with zero attached hydrogens (tertiary/aromatic N) is 2. The van der Waals surface area contributed by atoms with Crippen LogP contribution in [0.5, 0.6) is 5.75 Å². The second-order valence-corrected chi connectivity index (χ2v) is 5.16. The van der Waals surface area contributed by atoms with Gasteiger partial charge >= 0.3 is 6.03 Å². The van der Waals surface area contributed by atoms with Gasteiger partial charge in [0.2, 0.25) is 0 Å². The highest BCUT2D eigenvalue weighted by atomic mass is 16.5. The Morgan fingerprint density at radius 3 is 2.67 bits per heavy atom. The maximum absolute atomic E-state index is 12.1. The van der Waals surface area contributed by atoms with Gasteiger partial charge in [-0.25, -0.2) is 4.79 Å². The zero-order chi connectivity index (χ0) is 17.4. The molecule has 130 valence electrons. The molecule has 0 saturated carbocycles. The Labute approximate surface area is 141 Å². The van der Waals surface area contributed by atoms with Crippen LogP contribution >= 0.6 is 0 Å². The average molecular weight is 333 g/mol. The molecule has 0 fully saturated rings. The smallest absolute Gasteiger partial charge is 0.317 e. The number of hydrogen-bond donors (Lipinski definition) is 1. The fraction of sp³-hybridized carbons (Fsp3) is 0.412. The molecule has 0 aliphatic carbocycles. The number of ether oxygens (including phenoxy) is 2. The van der Waals surface area contributed by atoms with Crippen LogP contribution in [0.25, 0.3) is 11.3 Å². The third kappa shape index (κ3) is 4.73. The number of benzene rings is 1. The summed E-state index contributed by atoms with van der Waals surface area (Å²) >= 11 is 0. The van der Waals surface area contributed by atoms with Crippen molar-refractivity contribution in [3.63, 3.8) is 0 Å². The SMILES string of the molecule is CCNC(=O)N(CCOC)Cc1cc(-c2ccc(OC)cc2)on1. The van der Waals surface area contributed by atoms with Crippen molar-refractivity contribution in [1.82, 2.24) is 15.4 Å². The lowest BCUT2D eigenvalue weighted by Gasteiger charge is -2.21. The van der Waals surface area contributed by atoms with Crippen LogP contribution in [0.3, 0.4) is 0 Å². The maximum Gasteiger partial charge on any atom is 0.317 e. The van der Waals surface area contributed by atoms with Gasteiger partial charge < -0.3 is 24.2 Å². The molecule has 7 nitrogen and oxygen atoms in total. The zero-order valence-electron chi connectivity index (χ0n) is 14.2. The van der Waals surface area contributed by atoms with Gasteiger partial charge in [-0.2, -0.15) is 0 Å². The first-order valence-corrected chi connectivity index (χ1v) is 7.79. The molecule has 0 atom stereocenters. The lowest BCUT2D eigenvalue weighted by molar-refractivity contribution is 0.145.